The number of carbonyl (C=O) groups excluding carboxylic acids is 2. The molecule has 0 aromatic heterocycles. The van der Waals surface area contributed by atoms with Crippen LogP contribution in [0.15, 0.2) is 24.3 Å². The van der Waals surface area contributed by atoms with Gasteiger partial charge in [0.25, 0.3) is 5.91 Å². The van der Waals surface area contributed by atoms with Crippen molar-refractivity contribution in [1.29, 1.82) is 0 Å². The molecule has 3 amide bonds. The molecule has 1 saturated carbocycles. The fraction of sp³-hybridized carbons (Fsp3) is 0.619. The van der Waals surface area contributed by atoms with Gasteiger partial charge in [-0.3, -0.25) is 9.69 Å². The lowest BCUT2D eigenvalue weighted by Crippen LogP contribution is -2.50. The lowest BCUT2D eigenvalue weighted by molar-refractivity contribution is -0.133. The van der Waals surface area contributed by atoms with Crippen LogP contribution >= 0.6 is 0 Å². The number of nitrogens with zero attached hydrogens (tertiary/aromatic N) is 3. The zero-order valence-electron chi connectivity index (χ0n) is 16.8. The molecule has 1 atom stereocenters. The molecule has 2 fully saturated rings. The third-order valence-corrected chi connectivity index (χ3v) is 6.16. The number of ether oxygens (including phenoxy) is 1. The maximum atomic E-state index is 13.0. The second kappa shape index (κ2) is 7.62. The van der Waals surface area contributed by atoms with E-state index in [1.54, 1.807) is 0 Å². The maximum Gasteiger partial charge on any atom is 0.326 e. The molecule has 2 aliphatic heterocycles. The number of rotatable bonds is 5. The summed E-state index contributed by atoms with van der Waals surface area (Å²) in [4.78, 5) is 31.1. The molecule has 4 rings (SSSR count). The number of nitrogens with one attached hydrogen (secondary N) is 1. The number of amides is 3. The van der Waals surface area contributed by atoms with Crippen molar-refractivity contribution in [1.82, 2.24) is 15.1 Å². The normalized spacial score (nSPS) is 23.8. The Morgan fingerprint density at radius 1 is 1.21 bits per heavy atom. The predicted molar refractivity (Wildman–Crippen MR) is 107 cm³/mol. The summed E-state index contributed by atoms with van der Waals surface area (Å²) in [5, 5.41) is 2.98. The molecule has 1 aromatic carbocycles. The van der Waals surface area contributed by atoms with E-state index < -0.39 is 5.54 Å². The Kier molecular flexibility index (Phi) is 5.19. The summed E-state index contributed by atoms with van der Waals surface area (Å²) >= 11 is 0. The first kappa shape index (κ1) is 19.1. The Morgan fingerprint density at radius 3 is 2.71 bits per heavy atom. The minimum atomic E-state index is -0.657. The van der Waals surface area contributed by atoms with E-state index in [1.165, 1.54) is 4.90 Å². The molecule has 1 aliphatic carbocycles. The van der Waals surface area contributed by atoms with E-state index in [9.17, 15) is 9.59 Å². The quantitative estimate of drug-likeness (QED) is 0.788. The molecule has 0 bridgehead atoms. The molecule has 7 heteroatoms. The molecule has 0 radical (unpaired) electrons. The van der Waals surface area contributed by atoms with Crippen LogP contribution in [0, 0.1) is 0 Å². The monoisotopic (exact) mass is 386 g/mol. The molecule has 28 heavy (non-hydrogen) atoms. The van der Waals surface area contributed by atoms with Gasteiger partial charge in [-0.05, 0) is 38.9 Å². The van der Waals surface area contributed by atoms with Crippen LogP contribution in [0.4, 0.5) is 10.5 Å². The summed E-state index contributed by atoms with van der Waals surface area (Å²) < 4.78 is 6.18. The van der Waals surface area contributed by atoms with Crippen molar-refractivity contribution < 1.29 is 14.3 Å². The highest BCUT2D eigenvalue weighted by atomic mass is 16.5. The van der Waals surface area contributed by atoms with Crippen LogP contribution in [-0.2, 0) is 4.79 Å². The molecule has 1 saturated heterocycles. The van der Waals surface area contributed by atoms with Crippen molar-refractivity contribution in [2.45, 2.75) is 50.7 Å². The number of fused-ring (bicyclic) bond motifs is 1. The lowest BCUT2D eigenvalue weighted by atomic mass is 9.82. The number of hydrogen-bond acceptors (Lipinski definition) is 5. The molecule has 1 aromatic rings. The van der Waals surface area contributed by atoms with Crippen LogP contribution in [0.5, 0.6) is 5.75 Å². The Morgan fingerprint density at radius 2 is 1.96 bits per heavy atom. The Bertz CT molecular complexity index is 747. The number of para-hydroxylation sites is 2. The van der Waals surface area contributed by atoms with Crippen LogP contribution in [0.3, 0.4) is 0 Å². The van der Waals surface area contributed by atoms with Crippen molar-refractivity contribution in [2.24, 2.45) is 0 Å². The van der Waals surface area contributed by atoms with Crippen LogP contribution in [0.25, 0.3) is 0 Å². The van der Waals surface area contributed by atoms with E-state index >= 15 is 0 Å². The highest BCUT2D eigenvalue weighted by Gasteiger charge is 2.51. The SMILES string of the molecule is CCN1CC(CN(C)CN2C(=O)NC3(CCCCC3)C2=O)Oc2ccccc21. The van der Waals surface area contributed by atoms with Crippen molar-refractivity contribution in [3.8, 4) is 5.75 Å². The topological polar surface area (TPSA) is 65.1 Å². The van der Waals surface area contributed by atoms with E-state index in [0.717, 1.165) is 56.6 Å². The van der Waals surface area contributed by atoms with Crippen molar-refractivity contribution in [3.63, 3.8) is 0 Å². The Hall–Kier alpha value is -2.28. The maximum absolute atomic E-state index is 13.0. The van der Waals surface area contributed by atoms with Gasteiger partial charge in [-0.2, -0.15) is 0 Å². The summed E-state index contributed by atoms with van der Waals surface area (Å²) in [6.45, 7) is 4.78. The van der Waals surface area contributed by atoms with E-state index in [2.05, 4.69) is 23.2 Å². The number of anilines is 1. The highest BCUT2D eigenvalue weighted by Crippen LogP contribution is 2.34. The van der Waals surface area contributed by atoms with E-state index in [4.69, 9.17) is 4.74 Å². The summed E-state index contributed by atoms with van der Waals surface area (Å²) in [6, 6.07) is 7.82. The Labute approximate surface area is 166 Å². The molecule has 3 aliphatic rings. The van der Waals surface area contributed by atoms with E-state index in [0.29, 0.717) is 13.2 Å². The van der Waals surface area contributed by atoms with Gasteiger partial charge in [0, 0.05) is 13.1 Å². The molecule has 2 heterocycles. The number of urea groups is 1. The summed E-state index contributed by atoms with van der Waals surface area (Å²) in [5.74, 6) is 0.833. The fourth-order valence-electron chi connectivity index (χ4n) is 4.72. The first-order chi connectivity index (χ1) is 13.5. The molecular formula is C21H30N4O3. The first-order valence-corrected chi connectivity index (χ1v) is 10.4. The minimum absolute atomic E-state index is 0.00995. The molecule has 152 valence electrons. The van der Waals surface area contributed by atoms with Gasteiger partial charge in [0.05, 0.1) is 18.9 Å². The third-order valence-electron chi connectivity index (χ3n) is 6.16. The predicted octanol–water partition coefficient (Wildman–Crippen LogP) is 2.42. The molecule has 1 unspecified atom stereocenters. The van der Waals surface area contributed by atoms with Crippen LogP contribution in [0.2, 0.25) is 0 Å². The van der Waals surface area contributed by atoms with Crippen LogP contribution in [0.1, 0.15) is 39.0 Å². The fourth-order valence-corrected chi connectivity index (χ4v) is 4.72. The molecule has 1 spiro atoms. The summed E-state index contributed by atoms with van der Waals surface area (Å²) in [6.07, 6.45) is 4.64. The van der Waals surface area contributed by atoms with Gasteiger partial charge in [0.2, 0.25) is 0 Å². The highest BCUT2D eigenvalue weighted by molar-refractivity contribution is 6.07. The van der Waals surface area contributed by atoms with Gasteiger partial charge >= 0.3 is 6.03 Å². The van der Waals surface area contributed by atoms with Crippen LogP contribution in [-0.4, -0.2) is 66.7 Å². The average Bonchev–Trinajstić information content (AvgIpc) is 2.91. The van der Waals surface area contributed by atoms with Crippen molar-refractivity contribution in [3.05, 3.63) is 24.3 Å². The number of benzene rings is 1. The molecule has 7 nitrogen and oxygen atoms in total. The van der Waals surface area contributed by atoms with E-state index in [-0.39, 0.29) is 18.0 Å². The standard InChI is InChI=1S/C21H30N4O3/c1-3-24-14-16(28-18-10-6-5-9-17(18)24)13-23(2)15-25-19(26)21(22-20(25)27)11-7-4-8-12-21/h5-6,9-10,16H,3-4,7-8,11-15H2,1-2H3,(H,22,27). The Balaban J connectivity index is 1.39. The van der Waals surface area contributed by atoms with E-state index in [1.807, 2.05) is 30.1 Å². The van der Waals surface area contributed by atoms with Gasteiger partial charge in [-0.15, -0.1) is 0 Å². The third kappa shape index (κ3) is 3.43. The minimum Gasteiger partial charge on any atom is -0.485 e. The zero-order chi connectivity index (χ0) is 19.7. The number of carbonyl (C=O) groups is 2. The van der Waals surface area contributed by atoms with Gasteiger partial charge in [0.15, 0.2) is 0 Å². The van der Waals surface area contributed by atoms with Gasteiger partial charge in [0.1, 0.15) is 17.4 Å². The van der Waals surface area contributed by atoms with Gasteiger partial charge in [-0.25, -0.2) is 9.69 Å². The largest absolute Gasteiger partial charge is 0.485 e. The van der Waals surface area contributed by atoms with Crippen molar-refractivity contribution in [2.75, 3.05) is 38.3 Å². The van der Waals surface area contributed by atoms with Gasteiger partial charge in [-0.1, -0.05) is 31.4 Å². The zero-order valence-corrected chi connectivity index (χ0v) is 16.8. The second-order valence-corrected chi connectivity index (χ2v) is 8.23. The molecule has 1 N–H and O–H groups in total. The summed E-state index contributed by atoms with van der Waals surface area (Å²) in [7, 11) is 1.94. The number of likely N-dealkylation sites (N-methyl/N-ethyl adjacent to an activating group) is 2. The lowest BCUT2D eigenvalue weighted by Gasteiger charge is -2.37. The molecular weight excluding hydrogens is 356 g/mol. The average molecular weight is 386 g/mol. The van der Waals surface area contributed by atoms with Gasteiger partial charge < -0.3 is 15.0 Å². The van der Waals surface area contributed by atoms with Crippen molar-refractivity contribution >= 4 is 17.6 Å². The first-order valence-electron chi connectivity index (χ1n) is 10.4. The summed E-state index contributed by atoms with van der Waals surface area (Å²) in [5.41, 5.74) is 0.465. The number of hydrogen-bond donors (Lipinski definition) is 1. The second-order valence-electron chi connectivity index (χ2n) is 8.23. The van der Waals surface area contributed by atoms with Crippen LogP contribution < -0.4 is 15.0 Å². The smallest absolute Gasteiger partial charge is 0.326 e. The number of imide groups is 1.